The van der Waals surface area contributed by atoms with Gasteiger partial charge in [0.25, 0.3) is 0 Å². The van der Waals surface area contributed by atoms with Gasteiger partial charge < -0.3 is 15.0 Å². The zero-order valence-electron chi connectivity index (χ0n) is 10.8. The Hall–Kier alpha value is -0.170. The minimum atomic E-state index is -2.84. The smallest absolute Gasteiger partial charge is 0.148 e. The van der Waals surface area contributed by atoms with Crippen molar-refractivity contribution in [1.82, 2.24) is 10.2 Å². The Kier molecular flexibility index (Phi) is 6.40. The van der Waals surface area contributed by atoms with Crippen LogP contribution in [0, 0.1) is 0 Å². The van der Waals surface area contributed by atoms with Gasteiger partial charge in [-0.2, -0.15) is 0 Å². The summed E-state index contributed by atoms with van der Waals surface area (Å²) in [5.74, 6) is 0.211. The van der Waals surface area contributed by atoms with Crippen molar-refractivity contribution in [1.29, 1.82) is 0 Å². The first-order chi connectivity index (χ1) is 7.97. The number of nitrogens with one attached hydrogen (secondary N) is 1. The molecule has 6 heteroatoms. The summed E-state index contributed by atoms with van der Waals surface area (Å²) in [6, 6.07) is 0. The molecule has 0 spiro atoms. The SMILES string of the molecule is CN(CCNCCS(C)(=O)=O)CC1CCCO1. The summed E-state index contributed by atoms with van der Waals surface area (Å²) in [6.07, 6.45) is 3.98. The Bertz CT molecular complexity index is 300. The highest BCUT2D eigenvalue weighted by Crippen LogP contribution is 2.12. The Morgan fingerprint density at radius 2 is 2.18 bits per heavy atom. The summed E-state index contributed by atoms with van der Waals surface area (Å²) in [5.41, 5.74) is 0. The van der Waals surface area contributed by atoms with Crippen molar-refractivity contribution in [2.75, 3.05) is 51.8 Å². The maximum absolute atomic E-state index is 10.9. The Morgan fingerprint density at radius 1 is 1.41 bits per heavy atom. The fourth-order valence-corrected chi connectivity index (χ4v) is 2.39. The monoisotopic (exact) mass is 264 g/mol. The highest BCUT2D eigenvalue weighted by Gasteiger charge is 2.16. The Balaban J connectivity index is 1.98. The van der Waals surface area contributed by atoms with Crippen LogP contribution in [-0.2, 0) is 14.6 Å². The normalized spacial score (nSPS) is 21.2. The first kappa shape index (κ1) is 14.9. The van der Waals surface area contributed by atoms with Crippen LogP contribution in [-0.4, -0.2) is 71.3 Å². The van der Waals surface area contributed by atoms with Crippen LogP contribution in [0.2, 0.25) is 0 Å². The lowest BCUT2D eigenvalue weighted by atomic mass is 10.2. The van der Waals surface area contributed by atoms with Crippen molar-refractivity contribution in [3.8, 4) is 0 Å². The van der Waals surface area contributed by atoms with Gasteiger partial charge in [-0.05, 0) is 19.9 Å². The summed E-state index contributed by atoms with van der Waals surface area (Å²) in [6.45, 7) is 4.13. The number of sulfone groups is 1. The van der Waals surface area contributed by atoms with E-state index in [1.807, 2.05) is 0 Å². The molecule has 17 heavy (non-hydrogen) atoms. The van der Waals surface area contributed by atoms with Crippen LogP contribution in [0.15, 0.2) is 0 Å². The van der Waals surface area contributed by atoms with Crippen LogP contribution in [0.3, 0.4) is 0 Å². The number of likely N-dealkylation sites (N-methyl/N-ethyl adjacent to an activating group) is 1. The Morgan fingerprint density at radius 3 is 2.76 bits per heavy atom. The van der Waals surface area contributed by atoms with E-state index in [0.29, 0.717) is 12.6 Å². The van der Waals surface area contributed by atoms with E-state index in [2.05, 4.69) is 17.3 Å². The van der Waals surface area contributed by atoms with Gasteiger partial charge in [-0.1, -0.05) is 0 Å². The predicted octanol–water partition coefficient (Wildman–Crippen LogP) is -0.269. The minimum Gasteiger partial charge on any atom is -0.377 e. The molecule has 0 aromatic carbocycles. The van der Waals surface area contributed by atoms with Gasteiger partial charge in [-0.15, -0.1) is 0 Å². The summed E-state index contributed by atoms with van der Waals surface area (Å²) >= 11 is 0. The van der Waals surface area contributed by atoms with Crippen molar-refractivity contribution >= 4 is 9.84 Å². The lowest BCUT2D eigenvalue weighted by molar-refractivity contribution is 0.0815. The second-order valence-corrected chi connectivity index (χ2v) is 7.04. The van der Waals surface area contributed by atoms with Crippen LogP contribution in [0.1, 0.15) is 12.8 Å². The van der Waals surface area contributed by atoms with Crippen molar-refractivity contribution in [2.45, 2.75) is 18.9 Å². The van der Waals surface area contributed by atoms with Gasteiger partial charge in [0.1, 0.15) is 9.84 Å². The lowest BCUT2D eigenvalue weighted by Crippen LogP contribution is -2.35. The maximum atomic E-state index is 10.9. The van der Waals surface area contributed by atoms with Crippen LogP contribution >= 0.6 is 0 Å². The third kappa shape index (κ3) is 7.70. The average Bonchev–Trinajstić information content (AvgIpc) is 2.68. The van der Waals surface area contributed by atoms with E-state index in [4.69, 9.17) is 4.74 Å². The molecule has 102 valence electrons. The molecule has 1 aliphatic rings. The summed E-state index contributed by atoms with van der Waals surface area (Å²) in [4.78, 5) is 2.23. The fourth-order valence-electron chi connectivity index (χ4n) is 1.88. The minimum absolute atomic E-state index is 0.211. The third-order valence-electron chi connectivity index (χ3n) is 2.86. The van der Waals surface area contributed by atoms with E-state index < -0.39 is 9.84 Å². The van der Waals surface area contributed by atoms with Crippen molar-refractivity contribution < 1.29 is 13.2 Å². The number of hydrogen-bond acceptors (Lipinski definition) is 5. The highest BCUT2D eigenvalue weighted by atomic mass is 32.2. The van der Waals surface area contributed by atoms with E-state index >= 15 is 0 Å². The topological polar surface area (TPSA) is 58.6 Å². The molecule has 1 saturated heterocycles. The zero-order chi connectivity index (χ0) is 12.7. The predicted molar refractivity (Wildman–Crippen MR) is 69.1 cm³/mol. The third-order valence-corrected chi connectivity index (χ3v) is 3.80. The molecule has 0 amide bonds. The molecule has 0 aliphatic carbocycles. The van der Waals surface area contributed by atoms with Crippen molar-refractivity contribution in [3.63, 3.8) is 0 Å². The van der Waals surface area contributed by atoms with E-state index in [-0.39, 0.29) is 5.75 Å². The average molecular weight is 264 g/mol. The number of rotatable bonds is 8. The van der Waals surface area contributed by atoms with Gasteiger partial charge in [0.15, 0.2) is 0 Å². The molecule has 5 nitrogen and oxygen atoms in total. The number of hydrogen-bond donors (Lipinski definition) is 1. The molecular weight excluding hydrogens is 240 g/mol. The highest BCUT2D eigenvalue weighted by molar-refractivity contribution is 7.90. The van der Waals surface area contributed by atoms with Gasteiger partial charge in [0.05, 0.1) is 11.9 Å². The molecule has 1 unspecified atom stereocenters. The van der Waals surface area contributed by atoms with Gasteiger partial charge in [0, 0.05) is 39.0 Å². The van der Waals surface area contributed by atoms with Crippen molar-refractivity contribution in [3.05, 3.63) is 0 Å². The second-order valence-electron chi connectivity index (χ2n) is 4.78. The Labute approximate surface area is 104 Å². The summed E-state index contributed by atoms with van der Waals surface area (Å²) in [5, 5.41) is 3.14. The number of ether oxygens (including phenoxy) is 1. The molecule has 0 aromatic rings. The largest absolute Gasteiger partial charge is 0.377 e. The standard InChI is InChI=1S/C11H24N2O3S/c1-13(10-11-4-3-8-16-11)7-5-12-6-9-17(2,14)15/h11-12H,3-10H2,1-2H3. The van der Waals surface area contributed by atoms with Crippen molar-refractivity contribution in [2.24, 2.45) is 0 Å². The summed E-state index contributed by atoms with van der Waals surface area (Å²) < 4.78 is 27.3. The molecule has 1 fully saturated rings. The quantitative estimate of drug-likeness (QED) is 0.612. The number of nitrogens with zero attached hydrogens (tertiary/aromatic N) is 1. The van der Waals surface area contributed by atoms with Crippen LogP contribution in [0.5, 0.6) is 0 Å². The van der Waals surface area contributed by atoms with Crippen LogP contribution < -0.4 is 5.32 Å². The molecule has 0 radical (unpaired) electrons. The molecule has 0 bridgehead atoms. The van der Waals surface area contributed by atoms with E-state index in [9.17, 15) is 8.42 Å². The van der Waals surface area contributed by atoms with E-state index in [0.717, 1.165) is 32.7 Å². The molecular formula is C11H24N2O3S. The van der Waals surface area contributed by atoms with Gasteiger partial charge >= 0.3 is 0 Å². The van der Waals surface area contributed by atoms with Crippen LogP contribution in [0.4, 0.5) is 0 Å². The van der Waals surface area contributed by atoms with Gasteiger partial charge in [-0.3, -0.25) is 0 Å². The molecule has 1 rings (SSSR count). The van der Waals surface area contributed by atoms with Gasteiger partial charge in [-0.25, -0.2) is 8.42 Å². The fraction of sp³-hybridized carbons (Fsp3) is 1.00. The maximum Gasteiger partial charge on any atom is 0.148 e. The molecule has 1 heterocycles. The molecule has 0 aromatic heterocycles. The molecule has 0 saturated carbocycles. The lowest BCUT2D eigenvalue weighted by Gasteiger charge is -2.20. The van der Waals surface area contributed by atoms with Gasteiger partial charge in [0.2, 0.25) is 0 Å². The summed E-state index contributed by atoms with van der Waals surface area (Å²) in [7, 11) is -0.770. The molecule has 1 atom stereocenters. The van der Waals surface area contributed by atoms with Crippen LogP contribution in [0.25, 0.3) is 0 Å². The second kappa shape index (κ2) is 7.31. The van der Waals surface area contributed by atoms with E-state index in [1.165, 1.54) is 12.7 Å². The molecule has 1 N–H and O–H groups in total. The molecule has 1 aliphatic heterocycles. The van der Waals surface area contributed by atoms with E-state index in [1.54, 1.807) is 0 Å². The first-order valence-corrected chi connectivity index (χ1v) is 8.22. The zero-order valence-corrected chi connectivity index (χ0v) is 11.6. The first-order valence-electron chi connectivity index (χ1n) is 6.16.